The molecule has 5 atom stereocenters. The minimum Gasteiger partial charge on any atom is -0.455 e. The number of aliphatic hydroxyl groups excluding tert-OH is 1. The maximum atomic E-state index is 13.5. The molecular weight excluding hydrogens is 542 g/mol. The number of carbonyl (C=O) groups excluding carboxylic acids is 1. The van der Waals surface area contributed by atoms with Gasteiger partial charge in [-0.15, -0.1) is 0 Å². The lowest BCUT2D eigenvalue weighted by molar-refractivity contribution is -0.143. The van der Waals surface area contributed by atoms with Crippen molar-refractivity contribution in [1.29, 1.82) is 0 Å². The molecule has 0 spiro atoms. The van der Waals surface area contributed by atoms with Gasteiger partial charge in [0.1, 0.15) is 6.10 Å². The molecule has 2 aromatic rings. The van der Waals surface area contributed by atoms with Crippen LogP contribution < -0.4 is 0 Å². The molecule has 2 aliphatic heterocycles. The molecule has 5 unspecified atom stereocenters. The molecule has 1 amide bonds. The van der Waals surface area contributed by atoms with Gasteiger partial charge in [-0.2, -0.15) is 31.3 Å². The molecule has 0 aromatic heterocycles. The lowest BCUT2D eigenvalue weighted by atomic mass is 9.68. The molecule has 216 valence electrons. The average molecular weight is 571 g/mol. The lowest BCUT2D eigenvalue weighted by Crippen LogP contribution is -2.39. The topological polar surface area (TPSA) is 71.4 Å². The van der Waals surface area contributed by atoms with E-state index >= 15 is 0 Å². The standard InChI is InChI=1S/C28H28F6N2O4/c1-15-4-2-3-5-20(15)25-21-12-36(26-35-24(38)14-39-26)11-16(21)6-7-22(25)40-23(13-37)17-8-18(27(29,30)31)10-19(9-17)28(32,33)34/h2-5,8-10,16,21-23,25,37H,6-7,11-14H2,1H3. The highest BCUT2D eigenvalue weighted by molar-refractivity contribution is 5.96. The van der Waals surface area contributed by atoms with Gasteiger partial charge in [0.05, 0.1) is 23.8 Å². The van der Waals surface area contributed by atoms with Gasteiger partial charge in [0.2, 0.25) is 0 Å². The van der Waals surface area contributed by atoms with E-state index in [1.807, 2.05) is 36.1 Å². The largest absolute Gasteiger partial charge is 0.455 e. The van der Waals surface area contributed by atoms with Crippen LogP contribution in [0.5, 0.6) is 0 Å². The number of halogens is 6. The zero-order chi connectivity index (χ0) is 28.8. The van der Waals surface area contributed by atoms with Crippen molar-refractivity contribution in [3.63, 3.8) is 0 Å². The number of ether oxygens (including phenoxy) is 2. The van der Waals surface area contributed by atoms with Crippen LogP contribution in [0.3, 0.4) is 0 Å². The first-order valence-corrected chi connectivity index (χ1v) is 13.0. The molecule has 40 heavy (non-hydrogen) atoms. The number of fused-ring (bicyclic) bond motifs is 1. The van der Waals surface area contributed by atoms with Crippen molar-refractivity contribution in [2.45, 2.75) is 50.2 Å². The molecular formula is C28H28F6N2O4. The number of hydrogen-bond donors (Lipinski definition) is 1. The predicted molar refractivity (Wildman–Crippen MR) is 131 cm³/mol. The Morgan fingerprint density at radius 3 is 2.30 bits per heavy atom. The van der Waals surface area contributed by atoms with Crippen molar-refractivity contribution in [3.05, 3.63) is 70.3 Å². The van der Waals surface area contributed by atoms with Crippen LogP contribution in [-0.2, 0) is 26.6 Å². The summed E-state index contributed by atoms with van der Waals surface area (Å²) in [5.41, 5.74) is -1.40. The maximum Gasteiger partial charge on any atom is 0.416 e. The van der Waals surface area contributed by atoms with Gasteiger partial charge in [0, 0.05) is 19.0 Å². The summed E-state index contributed by atoms with van der Waals surface area (Å²) in [6, 6.07) is 9.14. The van der Waals surface area contributed by atoms with Gasteiger partial charge in [0.25, 0.3) is 11.9 Å². The highest BCUT2D eigenvalue weighted by Crippen LogP contribution is 2.49. The lowest BCUT2D eigenvalue weighted by Gasteiger charge is -2.41. The molecule has 1 saturated heterocycles. The summed E-state index contributed by atoms with van der Waals surface area (Å²) in [6.45, 7) is 2.09. The zero-order valence-electron chi connectivity index (χ0n) is 21.5. The first kappa shape index (κ1) is 28.4. The van der Waals surface area contributed by atoms with Crippen LogP contribution >= 0.6 is 0 Å². The van der Waals surface area contributed by atoms with Crippen LogP contribution in [-0.4, -0.2) is 54.3 Å². The third-order valence-corrected chi connectivity index (χ3v) is 8.03. The molecule has 2 fully saturated rings. The Balaban J connectivity index is 1.49. The van der Waals surface area contributed by atoms with E-state index in [0.29, 0.717) is 38.1 Å². The van der Waals surface area contributed by atoms with Crippen molar-refractivity contribution in [3.8, 4) is 0 Å². The highest BCUT2D eigenvalue weighted by atomic mass is 19.4. The van der Waals surface area contributed by atoms with E-state index in [0.717, 1.165) is 11.1 Å². The average Bonchev–Trinajstić information content (AvgIpc) is 3.52. The molecule has 3 aliphatic rings. The first-order chi connectivity index (χ1) is 18.8. The molecule has 2 heterocycles. The number of amidine groups is 1. The van der Waals surface area contributed by atoms with E-state index in [-0.39, 0.29) is 42.4 Å². The third-order valence-electron chi connectivity index (χ3n) is 8.03. The second kappa shape index (κ2) is 10.7. The van der Waals surface area contributed by atoms with E-state index in [2.05, 4.69) is 4.99 Å². The van der Waals surface area contributed by atoms with Crippen LogP contribution in [0.25, 0.3) is 0 Å². The summed E-state index contributed by atoms with van der Waals surface area (Å²) in [5.74, 6) is -0.492. The Kier molecular flexibility index (Phi) is 7.60. The van der Waals surface area contributed by atoms with Crippen LogP contribution in [0, 0.1) is 18.8 Å². The Morgan fingerprint density at radius 1 is 1.05 bits per heavy atom. The number of carbonyl (C=O) groups is 1. The van der Waals surface area contributed by atoms with Crippen LogP contribution in [0.2, 0.25) is 0 Å². The fourth-order valence-electron chi connectivity index (χ4n) is 6.21. The Bertz CT molecular complexity index is 1260. The van der Waals surface area contributed by atoms with E-state index in [4.69, 9.17) is 9.47 Å². The van der Waals surface area contributed by atoms with Crippen molar-refractivity contribution < 1.29 is 45.7 Å². The van der Waals surface area contributed by atoms with E-state index in [1.54, 1.807) is 0 Å². The number of rotatable bonds is 5. The minimum atomic E-state index is -5.02. The van der Waals surface area contributed by atoms with Gasteiger partial charge < -0.3 is 19.5 Å². The number of hydrogen-bond acceptors (Lipinski definition) is 5. The quantitative estimate of drug-likeness (QED) is 0.482. The summed E-state index contributed by atoms with van der Waals surface area (Å²) < 4.78 is 92.8. The summed E-state index contributed by atoms with van der Waals surface area (Å²) >= 11 is 0. The Labute approximate surface area is 226 Å². The van der Waals surface area contributed by atoms with Gasteiger partial charge in [-0.05, 0) is 66.5 Å². The van der Waals surface area contributed by atoms with Crippen LogP contribution in [0.1, 0.15) is 52.7 Å². The zero-order valence-corrected chi connectivity index (χ0v) is 21.5. The maximum absolute atomic E-state index is 13.5. The molecule has 12 heteroatoms. The molecule has 1 aliphatic carbocycles. The third kappa shape index (κ3) is 5.69. The van der Waals surface area contributed by atoms with E-state index in [1.165, 1.54) is 0 Å². The summed E-state index contributed by atoms with van der Waals surface area (Å²) in [4.78, 5) is 17.5. The number of amides is 1. The summed E-state index contributed by atoms with van der Waals surface area (Å²) in [7, 11) is 0. The normalized spacial score (nSPS) is 25.9. The Morgan fingerprint density at radius 2 is 1.73 bits per heavy atom. The van der Waals surface area contributed by atoms with Gasteiger partial charge in [-0.3, -0.25) is 4.79 Å². The van der Waals surface area contributed by atoms with Crippen molar-refractivity contribution >= 4 is 11.9 Å². The van der Waals surface area contributed by atoms with Gasteiger partial charge in [-0.25, -0.2) is 0 Å². The molecule has 2 aromatic carbocycles. The van der Waals surface area contributed by atoms with Gasteiger partial charge in [0.15, 0.2) is 6.61 Å². The monoisotopic (exact) mass is 570 g/mol. The molecule has 1 N–H and O–H groups in total. The second-order valence-corrected chi connectivity index (χ2v) is 10.6. The number of likely N-dealkylation sites (tertiary alicyclic amines) is 1. The molecule has 0 radical (unpaired) electrons. The van der Waals surface area contributed by atoms with E-state index < -0.39 is 47.9 Å². The second-order valence-electron chi connectivity index (χ2n) is 10.6. The molecule has 6 nitrogen and oxygen atoms in total. The van der Waals surface area contributed by atoms with Crippen LogP contribution in [0.15, 0.2) is 47.5 Å². The fraction of sp³-hybridized carbons (Fsp3) is 0.500. The van der Waals surface area contributed by atoms with Crippen molar-refractivity contribution in [2.75, 3.05) is 26.3 Å². The van der Waals surface area contributed by atoms with Gasteiger partial charge >= 0.3 is 12.4 Å². The van der Waals surface area contributed by atoms with Crippen LogP contribution in [0.4, 0.5) is 26.3 Å². The SMILES string of the molecule is Cc1ccccc1C1C(OC(CO)c2cc(C(F)(F)F)cc(C(F)(F)F)c2)CCC2CN(C3=NC(=O)CO3)CC21. The number of aliphatic hydroxyl groups is 1. The number of benzene rings is 2. The number of alkyl halides is 6. The Hall–Kier alpha value is -3.12. The number of nitrogens with zero attached hydrogens (tertiary/aromatic N) is 2. The summed E-state index contributed by atoms with van der Waals surface area (Å²) in [5, 5.41) is 10.1. The first-order valence-electron chi connectivity index (χ1n) is 13.0. The van der Waals surface area contributed by atoms with Gasteiger partial charge in [-0.1, -0.05) is 24.3 Å². The minimum absolute atomic E-state index is 0.0200. The van der Waals surface area contributed by atoms with E-state index in [9.17, 15) is 36.2 Å². The molecule has 0 bridgehead atoms. The van der Waals surface area contributed by atoms with Crippen molar-refractivity contribution in [2.24, 2.45) is 16.8 Å². The molecule has 1 saturated carbocycles. The van der Waals surface area contributed by atoms with Crippen molar-refractivity contribution in [1.82, 2.24) is 4.90 Å². The number of aryl methyl sites for hydroxylation is 1. The predicted octanol–water partition coefficient (Wildman–Crippen LogP) is 5.49. The smallest absolute Gasteiger partial charge is 0.416 e. The molecule has 5 rings (SSSR count). The summed E-state index contributed by atoms with van der Waals surface area (Å²) in [6.07, 6.45) is -10.9. The number of aliphatic imine (C=N–C) groups is 1. The highest BCUT2D eigenvalue weighted by Gasteiger charge is 2.48. The fourth-order valence-corrected chi connectivity index (χ4v) is 6.21.